The van der Waals surface area contributed by atoms with E-state index >= 15 is 0 Å². The van der Waals surface area contributed by atoms with Crippen LogP contribution < -0.4 is 20.3 Å². The third-order valence-corrected chi connectivity index (χ3v) is 8.15. The minimum atomic E-state index is -0.451. The zero-order valence-electron chi connectivity index (χ0n) is 21.5. The number of aryl methyl sites for hydroxylation is 2. The Morgan fingerprint density at radius 2 is 1.67 bits per heavy atom. The van der Waals surface area contributed by atoms with E-state index in [1.54, 1.807) is 55.6 Å². The van der Waals surface area contributed by atoms with E-state index in [-0.39, 0.29) is 16.5 Å². The van der Waals surface area contributed by atoms with Crippen molar-refractivity contribution in [2.45, 2.75) is 18.7 Å². The summed E-state index contributed by atoms with van der Waals surface area (Å²) in [5, 5.41) is 7.93. The van der Waals surface area contributed by atoms with Crippen molar-refractivity contribution < 1.29 is 19.1 Å². The molecule has 1 aliphatic heterocycles. The molecule has 2 N–H and O–H groups in total. The molecule has 7 nitrogen and oxygen atoms in total. The molecule has 3 aromatic carbocycles. The number of nitrogens with one attached hydrogen (secondary N) is 2. The van der Waals surface area contributed by atoms with Gasteiger partial charge in [0.05, 0.1) is 17.7 Å². The Hall–Kier alpha value is -4.34. The van der Waals surface area contributed by atoms with Gasteiger partial charge in [-0.3, -0.25) is 14.4 Å². The van der Waals surface area contributed by atoms with E-state index in [0.29, 0.717) is 32.6 Å². The van der Waals surface area contributed by atoms with Crippen molar-refractivity contribution in [2.75, 3.05) is 22.6 Å². The highest BCUT2D eigenvalue weighted by molar-refractivity contribution is 8.04. The topological polar surface area (TPSA) is 87.7 Å². The van der Waals surface area contributed by atoms with Crippen LogP contribution in [-0.4, -0.2) is 24.8 Å². The van der Waals surface area contributed by atoms with Gasteiger partial charge < -0.3 is 15.4 Å². The van der Waals surface area contributed by atoms with Crippen molar-refractivity contribution in [3.8, 4) is 5.75 Å². The van der Waals surface area contributed by atoms with Crippen LogP contribution in [0.1, 0.15) is 20.8 Å². The maximum Gasteiger partial charge on any atom is 0.283 e. The summed E-state index contributed by atoms with van der Waals surface area (Å²) in [6, 6.07) is 23.3. The van der Waals surface area contributed by atoms with Crippen LogP contribution in [0.4, 0.5) is 17.1 Å². The van der Waals surface area contributed by atoms with Gasteiger partial charge in [0, 0.05) is 16.3 Å². The predicted octanol–water partition coefficient (Wildman–Crippen LogP) is 6.62. The van der Waals surface area contributed by atoms with Crippen LogP contribution in [0.5, 0.6) is 5.75 Å². The van der Waals surface area contributed by atoms with Crippen molar-refractivity contribution in [3.05, 3.63) is 111 Å². The van der Waals surface area contributed by atoms with Crippen molar-refractivity contribution in [1.29, 1.82) is 0 Å². The molecule has 3 amide bonds. The number of carbonyl (C=O) groups excluding carboxylic acids is 3. The van der Waals surface area contributed by atoms with Gasteiger partial charge in [0.1, 0.15) is 16.4 Å². The number of imide groups is 1. The van der Waals surface area contributed by atoms with Gasteiger partial charge in [0.25, 0.3) is 17.7 Å². The lowest BCUT2D eigenvalue weighted by atomic mass is 10.1. The van der Waals surface area contributed by atoms with Crippen LogP contribution in [0.15, 0.2) is 99.7 Å². The van der Waals surface area contributed by atoms with E-state index in [0.717, 1.165) is 16.0 Å². The monoisotopic (exact) mass is 555 g/mol. The first-order valence-corrected chi connectivity index (χ1v) is 13.8. The van der Waals surface area contributed by atoms with E-state index in [9.17, 15) is 14.4 Å². The number of hydrogen-bond donors (Lipinski definition) is 2. The molecule has 1 aliphatic rings. The van der Waals surface area contributed by atoms with Gasteiger partial charge in [-0.25, -0.2) is 4.90 Å². The Morgan fingerprint density at radius 1 is 0.872 bits per heavy atom. The molecule has 9 heteroatoms. The SMILES string of the molecule is COc1ccc(N2C(=O)C(Nc3ccc(C)c(C)c3)=C(Sc3cccc(NC(=O)c4cccs4)c3)C2=O)cc1. The van der Waals surface area contributed by atoms with E-state index in [1.807, 2.05) is 49.6 Å². The molecule has 0 unspecified atom stereocenters. The van der Waals surface area contributed by atoms with Gasteiger partial charge in [-0.2, -0.15) is 0 Å². The number of amides is 3. The van der Waals surface area contributed by atoms with E-state index in [1.165, 1.54) is 23.1 Å². The number of methoxy groups -OCH3 is 1. The smallest absolute Gasteiger partial charge is 0.283 e. The van der Waals surface area contributed by atoms with Gasteiger partial charge in [0.15, 0.2) is 0 Å². The summed E-state index contributed by atoms with van der Waals surface area (Å²) in [5.41, 5.74) is 4.12. The number of rotatable bonds is 8. The van der Waals surface area contributed by atoms with Crippen LogP contribution in [0.2, 0.25) is 0 Å². The molecule has 4 aromatic rings. The molecular weight excluding hydrogens is 530 g/mol. The molecule has 196 valence electrons. The maximum atomic E-state index is 13.7. The molecule has 0 saturated heterocycles. The fourth-order valence-electron chi connectivity index (χ4n) is 4.00. The number of ether oxygens (including phenoxy) is 1. The molecule has 0 aliphatic carbocycles. The number of hydrogen-bond acceptors (Lipinski definition) is 7. The van der Waals surface area contributed by atoms with E-state index < -0.39 is 11.8 Å². The Bertz CT molecular complexity index is 1590. The minimum Gasteiger partial charge on any atom is -0.497 e. The van der Waals surface area contributed by atoms with Gasteiger partial charge in [-0.1, -0.05) is 30.0 Å². The summed E-state index contributed by atoms with van der Waals surface area (Å²) in [6.07, 6.45) is 0. The fourth-order valence-corrected chi connectivity index (χ4v) is 5.61. The highest BCUT2D eigenvalue weighted by atomic mass is 32.2. The van der Waals surface area contributed by atoms with Crippen molar-refractivity contribution in [1.82, 2.24) is 0 Å². The first kappa shape index (κ1) is 26.3. The second kappa shape index (κ2) is 11.2. The van der Waals surface area contributed by atoms with Crippen molar-refractivity contribution in [3.63, 3.8) is 0 Å². The van der Waals surface area contributed by atoms with Crippen LogP contribution in [0.25, 0.3) is 0 Å². The summed E-state index contributed by atoms with van der Waals surface area (Å²) in [4.78, 5) is 42.6. The number of carbonyl (C=O) groups is 3. The molecule has 0 saturated carbocycles. The van der Waals surface area contributed by atoms with Crippen LogP contribution in [0.3, 0.4) is 0 Å². The standard InChI is InChI=1S/C30H25N3O4S2/c1-18-9-10-21(16-19(18)2)31-26-27(30(36)33(29(26)35)22-11-13-23(37-3)14-12-22)39-24-7-4-6-20(17-24)32-28(34)25-8-5-15-38-25/h4-17,31H,1-3H3,(H,32,34). The van der Waals surface area contributed by atoms with Crippen LogP contribution in [-0.2, 0) is 9.59 Å². The molecule has 1 aromatic heterocycles. The molecule has 0 fully saturated rings. The maximum absolute atomic E-state index is 13.7. The van der Waals surface area contributed by atoms with Crippen LogP contribution >= 0.6 is 23.1 Å². The molecule has 5 rings (SSSR count). The summed E-state index contributed by atoms with van der Waals surface area (Å²) in [7, 11) is 1.56. The molecular formula is C30H25N3O4S2. The third-order valence-electron chi connectivity index (χ3n) is 6.21. The van der Waals surface area contributed by atoms with Gasteiger partial charge >= 0.3 is 0 Å². The number of anilines is 3. The number of benzene rings is 3. The number of thioether (sulfide) groups is 1. The lowest BCUT2D eigenvalue weighted by Crippen LogP contribution is -2.32. The highest BCUT2D eigenvalue weighted by Crippen LogP contribution is 2.39. The van der Waals surface area contributed by atoms with Crippen molar-refractivity contribution in [2.24, 2.45) is 0 Å². The molecule has 0 spiro atoms. The summed E-state index contributed by atoms with van der Waals surface area (Å²) in [5.74, 6) is -0.473. The van der Waals surface area contributed by atoms with Gasteiger partial charge in [0.2, 0.25) is 0 Å². The largest absolute Gasteiger partial charge is 0.497 e. The third kappa shape index (κ3) is 5.59. The molecule has 39 heavy (non-hydrogen) atoms. The summed E-state index contributed by atoms with van der Waals surface area (Å²) >= 11 is 2.53. The van der Waals surface area contributed by atoms with Crippen molar-refractivity contribution >= 4 is 57.9 Å². The Morgan fingerprint density at radius 3 is 2.36 bits per heavy atom. The Kier molecular flexibility index (Phi) is 7.53. The summed E-state index contributed by atoms with van der Waals surface area (Å²) < 4.78 is 5.22. The van der Waals surface area contributed by atoms with Gasteiger partial charge in [-0.05, 0) is 91.0 Å². The highest BCUT2D eigenvalue weighted by Gasteiger charge is 2.40. The summed E-state index contributed by atoms with van der Waals surface area (Å²) in [6.45, 7) is 4.01. The van der Waals surface area contributed by atoms with E-state index in [4.69, 9.17) is 4.74 Å². The number of thiophene rings is 1. The Balaban J connectivity index is 1.47. The fraction of sp³-hybridized carbons (Fsp3) is 0.100. The van der Waals surface area contributed by atoms with E-state index in [2.05, 4.69) is 10.6 Å². The zero-order valence-corrected chi connectivity index (χ0v) is 23.1. The molecule has 0 atom stereocenters. The lowest BCUT2D eigenvalue weighted by molar-refractivity contribution is -0.120. The Labute approximate surface area is 234 Å². The average Bonchev–Trinajstić information content (AvgIpc) is 3.55. The first-order valence-electron chi connectivity index (χ1n) is 12.1. The quantitative estimate of drug-likeness (QED) is 0.238. The van der Waals surface area contributed by atoms with Crippen LogP contribution in [0, 0.1) is 13.8 Å². The average molecular weight is 556 g/mol. The normalized spacial score (nSPS) is 13.2. The predicted molar refractivity (Wildman–Crippen MR) is 157 cm³/mol. The molecule has 0 bridgehead atoms. The van der Waals surface area contributed by atoms with Gasteiger partial charge in [-0.15, -0.1) is 11.3 Å². The second-order valence-corrected chi connectivity index (χ2v) is 10.9. The zero-order chi connectivity index (χ0) is 27.5. The molecule has 0 radical (unpaired) electrons. The first-order chi connectivity index (χ1) is 18.8. The second-order valence-electron chi connectivity index (χ2n) is 8.83. The molecule has 2 heterocycles. The number of nitrogens with zero attached hydrogens (tertiary/aromatic N) is 1. The minimum absolute atomic E-state index is 0.192. The lowest BCUT2D eigenvalue weighted by Gasteiger charge is -2.16.